The topological polar surface area (TPSA) is 24.9 Å². The molecule has 0 radical (unpaired) electrons. The molecule has 0 saturated heterocycles. The fraction of sp³-hybridized carbons (Fsp3) is 0.800. The summed E-state index contributed by atoms with van der Waals surface area (Å²) in [6.45, 7) is 11.3. The number of likely N-dealkylation sites (N-methyl/N-ethyl adjacent to an activating group) is 1. The quantitative estimate of drug-likeness (QED) is 0.843. The molecule has 1 aromatic rings. The predicted octanol–water partition coefficient (Wildman–Crippen LogP) is 4.01. The number of rotatable bonds is 6. The maximum Gasteiger partial charge on any atom is 0.0944 e. The molecule has 2 nitrogen and oxygen atoms in total. The average Bonchev–Trinajstić information content (AvgIpc) is 2.74. The number of thiazole rings is 1. The van der Waals surface area contributed by atoms with Crippen LogP contribution in [0.4, 0.5) is 0 Å². The summed E-state index contributed by atoms with van der Waals surface area (Å²) in [4.78, 5) is 4.79. The Hall–Kier alpha value is -0.410. The maximum absolute atomic E-state index is 4.79. The smallest absolute Gasteiger partial charge is 0.0944 e. The minimum absolute atomic E-state index is 0.166. The molecule has 0 bridgehead atoms. The Morgan fingerprint density at radius 3 is 2.50 bits per heavy atom. The van der Waals surface area contributed by atoms with Crippen LogP contribution in [0.15, 0.2) is 5.38 Å². The van der Waals surface area contributed by atoms with Gasteiger partial charge in [-0.05, 0) is 19.4 Å². The molecule has 0 aliphatic rings. The van der Waals surface area contributed by atoms with Crippen LogP contribution >= 0.6 is 11.3 Å². The first-order chi connectivity index (χ1) is 8.38. The van der Waals surface area contributed by atoms with Crippen LogP contribution in [0.2, 0.25) is 0 Å². The van der Waals surface area contributed by atoms with Crippen molar-refractivity contribution in [2.24, 2.45) is 5.92 Å². The number of nitrogens with one attached hydrogen (secondary N) is 1. The zero-order valence-corrected chi connectivity index (χ0v) is 13.5. The second-order valence-electron chi connectivity index (χ2n) is 6.24. The van der Waals surface area contributed by atoms with E-state index in [1.165, 1.54) is 23.5 Å². The molecule has 2 atom stereocenters. The van der Waals surface area contributed by atoms with Crippen molar-refractivity contribution < 1.29 is 0 Å². The van der Waals surface area contributed by atoms with E-state index >= 15 is 0 Å². The van der Waals surface area contributed by atoms with Gasteiger partial charge in [0.2, 0.25) is 0 Å². The molecular formula is C15H28N2S. The van der Waals surface area contributed by atoms with Gasteiger partial charge < -0.3 is 5.32 Å². The lowest BCUT2D eigenvalue weighted by atomic mass is 9.93. The second-order valence-corrected chi connectivity index (χ2v) is 7.18. The molecule has 0 fully saturated rings. The summed E-state index contributed by atoms with van der Waals surface area (Å²) in [5.41, 5.74) is 1.39. The van der Waals surface area contributed by atoms with Gasteiger partial charge in [-0.2, -0.15) is 0 Å². The SMILES string of the molecule is CCCC(C)C(Cc1nc(C(C)(C)C)cs1)NC. The number of hydrogen-bond acceptors (Lipinski definition) is 3. The van der Waals surface area contributed by atoms with Gasteiger partial charge in [-0.3, -0.25) is 0 Å². The lowest BCUT2D eigenvalue weighted by Gasteiger charge is -2.22. The van der Waals surface area contributed by atoms with Gasteiger partial charge in [0.05, 0.1) is 10.7 Å². The molecule has 2 unspecified atom stereocenters. The summed E-state index contributed by atoms with van der Waals surface area (Å²) in [5.74, 6) is 0.710. The molecule has 1 rings (SSSR count). The normalized spacial score (nSPS) is 15.7. The largest absolute Gasteiger partial charge is 0.316 e. The Morgan fingerprint density at radius 2 is 2.06 bits per heavy atom. The fourth-order valence-corrected chi connectivity index (χ4v) is 3.26. The van der Waals surface area contributed by atoms with Crippen LogP contribution in [-0.2, 0) is 11.8 Å². The first kappa shape index (κ1) is 15.6. The zero-order chi connectivity index (χ0) is 13.8. The van der Waals surface area contributed by atoms with E-state index in [9.17, 15) is 0 Å². The maximum atomic E-state index is 4.79. The summed E-state index contributed by atoms with van der Waals surface area (Å²) in [5, 5.41) is 6.93. The van der Waals surface area contributed by atoms with E-state index in [1.807, 2.05) is 0 Å². The molecule has 104 valence electrons. The van der Waals surface area contributed by atoms with E-state index in [-0.39, 0.29) is 5.41 Å². The Kier molecular flexibility index (Phi) is 5.80. The van der Waals surface area contributed by atoms with E-state index in [2.05, 4.69) is 52.4 Å². The second kappa shape index (κ2) is 6.67. The van der Waals surface area contributed by atoms with Crippen molar-refractivity contribution in [2.75, 3.05) is 7.05 Å². The predicted molar refractivity (Wildman–Crippen MR) is 81.4 cm³/mol. The molecule has 0 amide bonds. The Labute approximate surface area is 116 Å². The third kappa shape index (κ3) is 4.36. The van der Waals surface area contributed by atoms with Crippen molar-refractivity contribution in [3.63, 3.8) is 0 Å². The van der Waals surface area contributed by atoms with Gasteiger partial charge in [0.1, 0.15) is 0 Å². The molecular weight excluding hydrogens is 240 g/mol. The van der Waals surface area contributed by atoms with Crippen molar-refractivity contribution in [2.45, 2.75) is 65.3 Å². The lowest BCUT2D eigenvalue weighted by Crippen LogP contribution is -2.34. The minimum atomic E-state index is 0.166. The van der Waals surface area contributed by atoms with Crippen LogP contribution in [0.1, 0.15) is 58.2 Å². The van der Waals surface area contributed by atoms with Gasteiger partial charge in [0, 0.05) is 23.3 Å². The Balaban J connectivity index is 2.68. The fourth-order valence-electron chi connectivity index (χ4n) is 2.18. The molecule has 0 aromatic carbocycles. The van der Waals surface area contributed by atoms with Crippen molar-refractivity contribution in [3.8, 4) is 0 Å². The first-order valence-electron chi connectivity index (χ1n) is 7.00. The molecule has 18 heavy (non-hydrogen) atoms. The summed E-state index contributed by atoms with van der Waals surface area (Å²) in [6.07, 6.45) is 3.59. The zero-order valence-electron chi connectivity index (χ0n) is 12.7. The summed E-state index contributed by atoms with van der Waals surface area (Å²) < 4.78 is 0. The van der Waals surface area contributed by atoms with Crippen molar-refractivity contribution in [1.29, 1.82) is 0 Å². The first-order valence-corrected chi connectivity index (χ1v) is 7.88. The van der Waals surface area contributed by atoms with Gasteiger partial charge in [0.15, 0.2) is 0 Å². The average molecular weight is 268 g/mol. The lowest BCUT2D eigenvalue weighted by molar-refractivity contribution is 0.371. The highest BCUT2D eigenvalue weighted by Gasteiger charge is 2.20. The molecule has 0 aliphatic carbocycles. The molecule has 1 aromatic heterocycles. The van der Waals surface area contributed by atoms with Gasteiger partial charge in [-0.1, -0.05) is 41.0 Å². The molecule has 0 spiro atoms. The van der Waals surface area contributed by atoms with Crippen LogP contribution in [-0.4, -0.2) is 18.1 Å². The van der Waals surface area contributed by atoms with Gasteiger partial charge in [-0.15, -0.1) is 11.3 Å². The standard InChI is InChI=1S/C15H28N2S/c1-7-8-11(2)12(16-6)9-14-17-13(10-18-14)15(3,4)5/h10-12,16H,7-9H2,1-6H3. The van der Waals surface area contributed by atoms with Crippen LogP contribution < -0.4 is 5.32 Å². The monoisotopic (exact) mass is 268 g/mol. The molecule has 0 aliphatic heterocycles. The van der Waals surface area contributed by atoms with E-state index in [4.69, 9.17) is 4.98 Å². The summed E-state index contributed by atoms with van der Waals surface area (Å²) in [6, 6.07) is 0.545. The highest BCUT2D eigenvalue weighted by Crippen LogP contribution is 2.25. The van der Waals surface area contributed by atoms with Gasteiger partial charge in [0.25, 0.3) is 0 Å². The Morgan fingerprint density at radius 1 is 1.39 bits per heavy atom. The third-order valence-electron chi connectivity index (χ3n) is 3.52. The van der Waals surface area contributed by atoms with Gasteiger partial charge in [-0.25, -0.2) is 4.98 Å². The molecule has 1 heterocycles. The highest BCUT2D eigenvalue weighted by atomic mass is 32.1. The highest BCUT2D eigenvalue weighted by molar-refractivity contribution is 7.09. The molecule has 1 N–H and O–H groups in total. The van der Waals surface area contributed by atoms with Crippen LogP contribution in [0.25, 0.3) is 0 Å². The third-order valence-corrected chi connectivity index (χ3v) is 4.39. The number of aromatic nitrogens is 1. The van der Waals surface area contributed by atoms with E-state index in [0.29, 0.717) is 12.0 Å². The molecule has 3 heteroatoms. The van der Waals surface area contributed by atoms with Gasteiger partial charge >= 0.3 is 0 Å². The van der Waals surface area contributed by atoms with E-state index in [0.717, 1.165) is 6.42 Å². The Bertz CT molecular complexity index is 352. The van der Waals surface area contributed by atoms with Crippen molar-refractivity contribution >= 4 is 11.3 Å². The molecule has 0 saturated carbocycles. The van der Waals surface area contributed by atoms with Crippen LogP contribution in [0, 0.1) is 5.92 Å². The van der Waals surface area contributed by atoms with E-state index < -0.39 is 0 Å². The number of hydrogen-bond donors (Lipinski definition) is 1. The summed E-state index contributed by atoms with van der Waals surface area (Å²) >= 11 is 1.80. The number of nitrogens with zero attached hydrogens (tertiary/aromatic N) is 1. The van der Waals surface area contributed by atoms with Crippen molar-refractivity contribution in [3.05, 3.63) is 16.1 Å². The summed E-state index contributed by atoms with van der Waals surface area (Å²) in [7, 11) is 2.06. The van der Waals surface area contributed by atoms with Crippen molar-refractivity contribution in [1.82, 2.24) is 10.3 Å². The van der Waals surface area contributed by atoms with E-state index in [1.54, 1.807) is 11.3 Å². The minimum Gasteiger partial charge on any atom is -0.316 e. The van der Waals surface area contributed by atoms with Crippen LogP contribution in [0.5, 0.6) is 0 Å². The van der Waals surface area contributed by atoms with Crippen LogP contribution in [0.3, 0.4) is 0 Å².